The molecule has 2 aromatic rings. The molecule has 0 aliphatic carbocycles. The summed E-state index contributed by atoms with van der Waals surface area (Å²) in [6.45, 7) is -0.0784. The number of nitrogens with zero attached hydrogens (tertiary/aromatic N) is 1. The third-order valence-electron chi connectivity index (χ3n) is 3.72. The van der Waals surface area contributed by atoms with Crippen molar-refractivity contribution in [3.63, 3.8) is 0 Å². The molecule has 1 unspecified atom stereocenters. The van der Waals surface area contributed by atoms with E-state index < -0.39 is 11.2 Å². The molecule has 2 N–H and O–H groups in total. The van der Waals surface area contributed by atoms with Crippen LogP contribution in [0.25, 0.3) is 0 Å². The first-order valence-electron chi connectivity index (χ1n) is 7.00. The van der Waals surface area contributed by atoms with E-state index in [1.54, 1.807) is 12.1 Å². The van der Waals surface area contributed by atoms with E-state index in [1.165, 1.54) is 12.1 Å². The average Bonchev–Trinajstić information content (AvgIpc) is 3.00. The van der Waals surface area contributed by atoms with Crippen LogP contribution in [0.3, 0.4) is 0 Å². The quantitative estimate of drug-likeness (QED) is 0.668. The Morgan fingerprint density at radius 2 is 1.86 bits per heavy atom. The van der Waals surface area contributed by atoms with Crippen LogP contribution in [0.4, 0.5) is 5.69 Å². The molecule has 1 heterocycles. The lowest BCUT2D eigenvalue weighted by molar-refractivity contribution is -0.385. The fourth-order valence-corrected chi connectivity index (χ4v) is 2.64. The Balaban J connectivity index is 1.85. The second-order valence-electron chi connectivity index (χ2n) is 5.16. The first-order chi connectivity index (χ1) is 10.7. The zero-order valence-corrected chi connectivity index (χ0v) is 11.8. The maximum absolute atomic E-state index is 10.9. The molecule has 3 atom stereocenters. The van der Waals surface area contributed by atoms with Crippen molar-refractivity contribution in [1.82, 2.24) is 5.32 Å². The molecule has 6 nitrogen and oxygen atoms in total. The van der Waals surface area contributed by atoms with Gasteiger partial charge in [-0.3, -0.25) is 15.4 Å². The van der Waals surface area contributed by atoms with Gasteiger partial charge in [0.1, 0.15) is 12.3 Å². The maximum Gasteiger partial charge on any atom is 0.269 e. The smallest absolute Gasteiger partial charge is 0.269 e. The molecular formula is C16H16N2O4. The summed E-state index contributed by atoms with van der Waals surface area (Å²) in [4.78, 5) is 10.4. The molecule has 1 saturated heterocycles. The summed E-state index contributed by atoms with van der Waals surface area (Å²) in [5.41, 5.74) is 1.65. The van der Waals surface area contributed by atoms with Crippen LogP contribution < -0.4 is 5.32 Å². The van der Waals surface area contributed by atoms with E-state index >= 15 is 0 Å². The Bertz CT molecular complexity index is 662. The number of non-ortho nitro benzene ring substituents is 1. The summed E-state index contributed by atoms with van der Waals surface area (Å²) in [6.07, 6.45) is -0.780. The van der Waals surface area contributed by atoms with Crippen molar-refractivity contribution in [2.45, 2.75) is 18.4 Å². The Hall–Kier alpha value is -2.28. The van der Waals surface area contributed by atoms with Gasteiger partial charge in [0.25, 0.3) is 5.69 Å². The number of benzene rings is 2. The van der Waals surface area contributed by atoms with Crippen LogP contribution in [-0.2, 0) is 4.74 Å². The Morgan fingerprint density at radius 3 is 2.55 bits per heavy atom. The molecule has 22 heavy (non-hydrogen) atoms. The lowest BCUT2D eigenvalue weighted by atomic mass is 10.0. The molecule has 1 aliphatic heterocycles. The minimum absolute atomic E-state index is 0.0200. The Labute approximate surface area is 127 Å². The van der Waals surface area contributed by atoms with Gasteiger partial charge in [0.2, 0.25) is 0 Å². The van der Waals surface area contributed by atoms with Crippen molar-refractivity contribution < 1.29 is 14.8 Å². The normalized spacial score (nSPS) is 24.3. The molecule has 0 amide bonds. The molecule has 114 valence electrons. The van der Waals surface area contributed by atoms with Gasteiger partial charge in [0.05, 0.1) is 17.6 Å². The van der Waals surface area contributed by atoms with E-state index in [-0.39, 0.29) is 24.4 Å². The number of rotatable bonds is 4. The van der Waals surface area contributed by atoms with E-state index in [0.29, 0.717) is 5.56 Å². The van der Waals surface area contributed by atoms with Gasteiger partial charge in [0, 0.05) is 17.7 Å². The van der Waals surface area contributed by atoms with Crippen molar-refractivity contribution in [3.8, 4) is 0 Å². The predicted molar refractivity (Wildman–Crippen MR) is 80.1 cm³/mol. The summed E-state index contributed by atoms with van der Waals surface area (Å²) in [5.74, 6) is 0. The standard InChI is InChI=1S/C16H16N2O4/c19-10-14-15(11-5-2-1-3-6-11)22-16(17-14)12-7-4-8-13(9-12)18(20)21/h1-9,14-17,19H,10H2/t14-,15?,16-/m0/s1. The minimum Gasteiger partial charge on any atom is -0.395 e. The van der Waals surface area contributed by atoms with Crippen molar-refractivity contribution >= 4 is 5.69 Å². The van der Waals surface area contributed by atoms with Gasteiger partial charge in [-0.25, -0.2) is 0 Å². The van der Waals surface area contributed by atoms with E-state index in [4.69, 9.17) is 4.74 Å². The van der Waals surface area contributed by atoms with E-state index in [2.05, 4.69) is 5.32 Å². The third-order valence-corrected chi connectivity index (χ3v) is 3.72. The fourth-order valence-electron chi connectivity index (χ4n) is 2.64. The van der Waals surface area contributed by atoms with Crippen LogP contribution in [0.5, 0.6) is 0 Å². The van der Waals surface area contributed by atoms with E-state index in [9.17, 15) is 15.2 Å². The SMILES string of the molecule is O=[N+]([O-])c1cccc([C@H]2N[C@@H](CO)C(c3ccccc3)O2)c1. The Morgan fingerprint density at radius 1 is 1.14 bits per heavy atom. The van der Waals surface area contributed by atoms with Crippen LogP contribution in [0.2, 0.25) is 0 Å². The monoisotopic (exact) mass is 300 g/mol. The summed E-state index contributed by atoms with van der Waals surface area (Å²) in [5, 5.41) is 23.6. The lowest BCUT2D eigenvalue weighted by Crippen LogP contribution is -2.30. The zero-order chi connectivity index (χ0) is 15.5. The lowest BCUT2D eigenvalue weighted by Gasteiger charge is -2.15. The van der Waals surface area contributed by atoms with Crippen LogP contribution >= 0.6 is 0 Å². The molecule has 3 rings (SSSR count). The number of nitro benzene ring substituents is 1. The number of ether oxygens (including phenoxy) is 1. The molecule has 1 fully saturated rings. The highest BCUT2D eigenvalue weighted by Gasteiger charge is 2.36. The molecule has 0 bridgehead atoms. The van der Waals surface area contributed by atoms with Crippen LogP contribution in [0.1, 0.15) is 23.5 Å². The fraction of sp³-hybridized carbons (Fsp3) is 0.250. The summed E-state index contributed by atoms with van der Waals surface area (Å²) in [7, 11) is 0. The zero-order valence-electron chi connectivity index (χ0n) is 11.8. The number of hydrogen-bond acceptors (Lipinski definition) is 5. The van der Waals surface area contributed by atoms with E-state index in [0.717, 1.165) is 5.56 Å². The van der Waals surface area contributed by atoms with Crippen molar-refractivity contribution in [2.24, 2.45) is 0 Å². The topological polar surface area (TPSA) is 84.6 Å². The number of nitrogens with one attached hydrogen (secondary N) is 1. The highest BCUT2D eigenvalue weighted by Crippen LogP contribution is 2.35. The van der Waals surface area contributed by atoms with Crippen LogP contribution in [-0.4, -0.2) is 22.7 Å². The summed E-state index contributed by atoms with van der Waals surface area (Å²) < 4.78 is 5.98. The molecule has 1 aliphatic rings. The van der Waals surface area contributed by atoms with Crippen molar-refractivity contribution in [3.05, 3.63) is 75.8 Å². The molecule has 0 aromatic heterocycles. The van der Waals surface area contributed by atoms with Crippen LogP contribution in [0.15, 0.2) is 54.6 Å². The number of aliphatic hydroxyl groups is 1. The number of aliphatic hydroxyl groups excluding tert-OH is 1. The van der Waals surface area contributed by atoms with Gasteiger partial charge in [0.15, 0.2) is 0 Å². The van der Waals surface area contributed by atoms with Gasteiger partial charge in [-0.15, -0.1) is 0 Å². The molecular weight excluding hydrogens is 284 g/mol. The number of nitro groups is 1. The van der Waals surface area contributed by atoms with E-state index in [1.807, 2.05) is 30.3 Å². The first kappa shape index (κ1) is 14.6. The van der Waals surface area contributed by atoms with Gasteiger partial charge in [-0.2, -0.15) is 0 Å². The number of hydrogen-bond donors (Lipinski definition) is 2. The van der Waals surface area contributed by atoms with Gasteiger partial charge >= 0.3 is 0 Å². The third kappa shape index (κ3) is 2.85. The maximum atomic E-state index is 10.9. The van der Waals surface area contributed by atoms with Crippen LogP contribution in [0, 0.1) is 10.1 Å². The molecule has 0 saturated carbocycles. The average molecular weight is 300 g/mol. The largest absolute Gasteiger partial charge is 0.395 e. The molecule has 0 spiro atoms. The molecule has 2 aromatic carbocycles. The summed E-state index contributed by atoms with van der Waals surface area (Å²) >= 11 is 0. The highest BCUT2D eigenvalue weighted by molar-refractivity contribution is 5.36. The van der Waals surface area contributed by atoms with Gasteiger partial charge < -0.3 is 9.84 Å². The first-order valence-corrected chi connectivity index (χ1v) is 7.00. The second-order valence-corrected chi connectivity index (χ2v) is 5.16. The van der Waals surface area contributed by atoms with Gasteiger partial charge in [-0.1, -0.05) is 42.5 Å². The van der Waals surface area contributed by atoms with Crippen molar-refractivity contribution in [1.29, 1.82) is 0 Å². The summed E-state index contributed by atoms with van der Waals surface area (Å²) in [6, 6.07) is 15.7. The molecule has 0 radical (unpaired) electrons. The minimum atomic E-state index is -0.484. The highest BCUT2D eigenvalue weighted by atomic mass is 16.6. The predicted octanol–water partition coefficient (Wildman–Crippen LogP) is 2.32. The van der Waals surface area contributed by atoms with Crippen molar-refractivity contribution in [2.75, 3.05) is 6.61 Å². The second kappa shape index (κ2) is 6.23. The molecule has 6 heteroatoms. The Kier molecular flexibility index (Phi) is 4.15. The van der Waals surface area contributed by atoms with Gasteiger partial charge in [-0.05, 0) is 5.56 Å².